The van der Waals surface area contributed by atoms with Crippen LogP contribution in [0.25, 0.3) is 6.08 Å². The van der Waals surface area contributed by atoms with E-state index in [1.807, 2.05) is 43.3 Å². The van der Waals surface area contributed by atoms with Crippen molar-refractivity contribution in [1.29, 1.82) is 0 Å². The van der Waals surface area contributed by atoms with Gasteiger partial charge in [0, 0.05) is 13.7 Å². The van der Waals surface area contributed by atoms with Crippen molar-refractivity contribution in [3.8, 4) is 5.75 Å². The van der Waals surface area contributed by atoms with E-state index in [2.05, 4.69) is 0 Å². The second kappa shape index (κ2) is 13.4. The van der Waals surface area contributed by atoms with Gasteiger partial charge in [0.1, 0.15) is 24.7 Å². The predicted molar refractivity (Wildman–Crippen MR) is 105 cm³/mol. The van der Waals surface area contributed by atoms with E-state index in [0.29, 0.717) is 39.5 Å². The molecule has 0 saturated carbocycles. The highest BCUT2D eigenvalue weighted by Gasteiger charge is 2.21. The molecule has 0 amide bonds. The number of benzene rings is 1. The predicted octanol–water partition coefficient (Wildman–Crippen LogP) is 3.49. The number of carbonyl (C=O) groups excluding carboxylic acids is 1. The van der Waals surface area contributed by atoms with Crippen molar-refractivity contribution in [1.82, 2.24) is 0 Å². The molecule has 0 aliphatic heterocycles. The molecule has 0 bridgehead atoms. The van der Waals surface area contributed by atoms with Gasteiger partial charge in [-0.15, -0.1) is 0 Å². The Labute approximate surface area is 162 Å². The summed E-state index contributed by atoms with van der Waals surface area (Å²) in [4.78, 5) is 11.1. The number of hydrogen-bond acceptors (Lipinski definition) is 6. The number of rotatable bonds is 15. The first kappa shape index (κ1) is 23.3. The van der Waals surface area contributed by atoms with Crippen molar-refractivity contribution in [2.75, 3.05) is 40.1 Å². The normalized spacial score (nSPS) is 13.0. The van der Waals surface area contributed by atoms with Gasteiger partial charge in [-0.2, -0.15) is 0 Å². The molecule has 0 aromatic heterocycles. The summed E-state index contributed by atoms with van der Waals surface area (Å²) in [7, 11) is 1.55. The van der Waals surface area contributed by atoms with Gasteiger partial charge in [0.25, 0.3) is 0 Å². The smallest absolute Gasteiger partial charge is 0.163 e. The fourth-order valence-electron chi connectivity index (χ4n) is 2.14. The zero-order valence-corrected chi connectivity index (χ0v) is 16.8. The third kappa shape index (κ3) is 10.9. The van der Waals surface area contributed by atoms with Gasteiger partial charge < -0.3 is 28.5 Å². The van der Waals surface area contributed by atoms with Crippen LogP contribution >= 0.6 is 0 Å². The fourth-order valence-corrected chi connectivity index (χ4v) is 2.14. The van der Waals surface area contributed by atoms with Crippen molar-refractivity contribution in [3.63, 3.8) is 0 Å². The third-order valence-electron chi connectivity index (χ3n) is 3.71. The molecule has 1 aromatic rings. The van der Waals surface area contributed by atoms with Gasteiger partial charge in [0.15, 0.2) is 5.79 Å². The number of ether oxygens (including phenoxy) is 5. The lowest BCUT2D eigenvalue weighted by Gasteiger charge is -2.26. The van der Waals surface area contributed by atoms with Gasteiger partial charge in [-0.3, -0.25) is 0 Å². The van der Waals surface area contributed by atoms with Crippen LogP contribution in [0.15, 0.2) is 30.3 Å². The topological polar surface area (TPSA) is 63.2 Å². The number of carbonyl (C=O) groups is 1. The molecule has 0 fully saturated rings. The summed E-state index contributed by atoms with van der Waals surface area (Å²) in [5.41, 5.74) is 1.02. The molecular formula is C21H32O6. The Morgan fingerprint density at radius 1 is 1.04 bits per heavy atom. The highest BCUT2D eigenvalue weighted by Crippen LogP contribution is 2.16. The van der Waals surface area contributed by atoms with E-state index in [-0.39, 0.29) is 0 Å². The van der Waals surface area contributed by atoms with E-state index < -0.39 is 11.9 Å². The van der Waals surface area contributed by atoms with Crippen LogP contribution in [0.3, 0.4) is 0 Å². The summed E-state index contributed by atoms with van der Waals surface area (Å²) in [6.45, 7) is 8.41. The maximum absolute atomic E-state index is 11.1. The molecule has 27 heavy (non-hydrogen) atoms. The quantitative estimate of drug-likeness (QED) is 0.264. The number of aldehydes is 1. The van der Waals surface area contributed by atoms with Crippen LogP contribution in [0.1, 0.15) is 32.8 Å². The van der Waals surface area contributed by atoms with E-state index in [0.717, 1.165) is 17.6 Å². The zero-order valence-electron chi connectivity index (χ0n) is 16.8. The lowest BCUT2D eigenvalue weighted by molar-refractivity contribution is -0.217. The van der Waals surface area contributed by atoms with Crippen LogP contribution < -0.4 is 4.74 Å². The second-order valence-corrected chi connectivity index (χ2v) is 6.26. The highest BCUT2D eigenvalue weighted by molar-refractivity contribution is 5.58. The molecule has 0 spiro atoms. The first-order chi connectivity index (χ1) is 13.0. The van der Waals surface area contributed by atoms with Crippen molar-refractivity contribution in [3.05, 3.63) is 35.9 Å². The molecule has 0 radical (unpaired) electrons. The molecule has 0 N–H and O–H groups in total. The Kier molecular flexibility index (Phi) is 11.6. The maximum atomic E-state index is 11.1. The standard InChI is InChI=1S/C21H32O6/c1-5-24-13-14-25-15-16-26-19-11-9-18(10-12-19)7-6-8-20(17-22)27-21(2,3)23-4/h6-7,9-12,17,20H,5,8,13-16H2,1-4H3/b7-6+. The Morgan fingerprint density at radius 3 is 2.33 bits per heavy atom. The monoisotopic (exact) mass is 380 g/mol. The SMILES string of the molecule is CCOCCOCCOc1ccc(/C=C/CC(C=O)OC(C)(C)OC)cc1. The van der Waals surface area contributed by atoms with Crippen LogP contribution in [-0.4, -0.2) is 58.3 Å². The molecule has 0 heterocycles. The average molecular weight is 380 g/mol. The lowest BCUT2D eigenvalue weighted by Crippen LogP contribution is -2.33. The molecule has 1 atom stereocenters. The van der Waals surface area contributed by atoms with Crippen molar-refractivity contribution >= 4 is 12.4 Å². The van der Waals surface area contributed by atoms with Crippen LogP contribution in [0.2, 0.25) is 0 Å². The summed E-state index contributed by atoms with van der Waals surface area (Å²) in [6.07, 6.45) is 4.58. The first-order valence-electron chi connectivity index (χ1n) is 9.24. The molecule has 1 aromatic carbocycles. The molecular weight excluding hydrogens is 348 g/mol. The van der Waals surface area contributed by atoms with Crippen LogP contribution in [-0.2, 0) is 23.7 Å². The maximum Gasteiger partial charge on any atom is 0.163 e. The highest BCUT2D eigenvalue weighted by atomic mass is 16.7. The fraction of sp³-hybridized carbons (Fsp3) is 0.571. The Morgan fingerprint density at radius 2 is 1.70 bits per heavy atom. The van der Waals surface area contributed by atoms with Crippen molar-refractivity contribution < 1.29 is 28.5 Å². The minimum Gasteiger partial charge on any atom is -0.491 e. The van der Waals surface area contributed by atoms with Crippen LogP contribution in [0, 0.1) is 0 Å². The molecule has 1 unspecified atom stereocenters. The first-order valence-corrected chi connectivity index (χ1v) is 9.24. The largest absolute Gasteiger partial charge is 0.491 e. The Balaban J connectivity index is 2.32. The summed E-state index contributed by atoms with van der Waals surface area (Å²) in [5.74, 6) is 0.00187. The summed E-state index contributed by atoms with van der Waals surface area (Å²) in [6, 6.07) is 7.72. The van der Waals surface area contributed by atoms with E-state index in [1.165, 1.54) is 0 Å². The van der Waals surface area contributed by atoms with Gasteiger partial charge in [0.2, 0.25) is 0 Å². The lowest BCUT2D eigenvalue weighted by atomic mass is 10.1. The second-order valence-electron chi connectivity index (χ2n) is 6.26. The number of hydrogen-bond donors (Lipinski definition) is 0. The zero-order chi connectivity index (χ0) is 20.0. The molecule has 0 aliphatic carbocycles. The third-order valence-corrected chi connectivity index (χ3v) is 3.71. The van der Waals surface area contributed by atoms with Gasteiger partial charge in [0.05, 0.1) is 19.8 Å². The van der Waals surface area contributed by atoms with E-state index in [9.17, 15) is 4.79 Å². The minimum atomic E-state index is -0.787. The Bertz CT molecular complexity index is 538. The van der Waals surface area contributed by atoms with Gasteiger partial charge >= 0.3 is 0 Å². The van der Waals surface area contributed by atoms with Crippen molar-refractivity contribution in [2.24, 2.45) is 0 Å². The van der Waals surface area contributed by atoms with Crippen molar-refractivity contribution in [2.45, 2.75) is 39.1 Å². The van der Waals surface area contributed by atoms with Gasteiger partial charge in [-0.1, -0.05) is 24.3 Å². The summed E-state index contributed by atoms with van der Waals surface area (Å²) < 4.78 is 27.0. The van der Waals surface area contributed by atoms with Gasteiger partial charge in [-0.25, -0.2) is 0 Å². The summed E-state index contributed by atoms with van der Waals surface area (Å²) >= 11 is 0. The van der Waals surface area contributed by atoms with E-state index >= 15 is 0 Å². The molecule has 6 nitrogen and oxygen atoms in total. The summed E-state index contributed by atoms with van der Waals surface area (Å²) in [5, 5.41) is 0. The number of methoxy groups -OCH3 is 1. The Hall–Kier alpha value is -1.73. The molecule has 0 saturated heterocycles. The van der Waals surface area contributed by atoms with Crippen LogP contribution in [0.4, 0.5) is 0 Å². The minimum absolute atomic E-state index is 0.480. The van der Waals surface area contributed by atoms with Gasteiger partial charge in [-0.05, 0) is 44.9 Å². The molecule has 152 valence electrons. The molecule has 0 aliphatic rings. The average Bonchev–Trinajstić information content (AvgIpc) is 2.67. The van der Waals surface area contributed by atoms with Crippen LogP contribution in [0.5, 0.6) is 5.75 Å². The van der Waals surface area contributed by atoms with E-state index in [4.69, 9.17) is 23.7 Å². The molecule has 6 heteroatoms. The van der Waals surface area contributed by atoms with E-state index in [1.54, 1.807) is 21.0 Å². The molecule has 1 rings (SSSR count).